The van der Waals surface area contributed by atoms with Crippen molar-refractivity contribution in [3.05, 3.63) is 34.9 Å². The first-order valence-electron chi connectivity index (χ1n) is 5.11. The molecule has 1 aromatic carbocycles. The fourth-order valence-electron chi connectivity index (χ4n) is 1.42. The Kier molecular flexibility index (Phi) is 3.30. The summed E-state index contributed by atoms with van der Waals surface area (Å²) in [6.45, 7) is 7.79. The van der Waals surface area contributed by atoms with Crippen molar-refractivity contribution in [2.45, 2.75) is 39.7 Å². The van der Waals surface area contributed by atoms with Crippen molar-refractivity contribution in [3.8, 4) is 0 Å². The minimum absolute atomic E-state index is 0.00458. The van der Waals surface area contributed by atoms with Gasteiger partial charge in [0.05, 0.1) is 6.61 Å². The SMILES string of the molecule is CC(=O)c1cc(CO)cc(C(C)(C)C)c1. The number of rotatable bonds is 2. The van der Waals surface area contributed by atoms with Crippen LogP contribution in [0.15, 0.2) is 18.2 Å². The number of hydrogen-bond donors (Lipinski definition) is 1. The van der Waals surface area contributed by atoms with Gasteiger partial charge in [-0.2, -0.15) is 0 Å². The van der Waals surface area contributed by atoms with Crippen LogP contribution in [0.4, 0.5) is 0 Å². The largest absolute Gasteiger partial charge is 0.392 e. The minimum atomic E-state index is -0.0236. The van der Waals surface area contributed by atoms with Gasteiger partial charge in [-0.05, 0) is 35.6 Å². The normalized spacial score (nSPS) is 11.5. The lowest BCUT2D eigenvalue weighted by atomic mass is 9.84. The van der Waals surface area contributed by atoms with Crippen molar-refractivity contribution < 1.29 is 9.90 Å². The lowest BCUT2D eigenvalue weighted by molar-refractivity contribution is 0.101. The second-order valence-electron chi connectivity index (χ2n) is 4.88. The van der Waals surface area contributed by atoms with Gasteiger partial charge in [-0.1, -0.05) is 26.8 Å². The fraction of sp³-hybridized carbons (Fsp3) is 0.462. The monoisotopic (exact) mass is 206 g/mol. The van der Waals surface area contributed by atoms with Crippen LogP contribution in [0.3, 0.4) is 0 Å². The van der Waals surface area contributed by atoms with E-state index < -0.39 is 0 Å². The maximum Gasteiger partial charge on any atom is 0.159 e. The third-order valence-electron chi connectivity index (χ3n) is 2.45. The van der Waals surface area contributed by atoms with E-state index in [0.717, 1.165) is 11.1 Å². The summed E-state index contributed by atoms with van der Waals surface area (Å²) in [5, 5.41) is 9.12. The average molecular weight is 206 g/mol. The average Bonchev–Trinajstić information content (AvgIpc) is 2.15. The quantitative estimate of drug-likeness (QED) is 0.755. The molecule has 82 valence electrons. The van der Waals surface area contributed by atoms with E-state index in [1.165, 1.54) is 0 Å². The van der Waals surface area contributed by atoms with Crippen molar-refractivity contribution in [2.75, 3.05) is 0 Å². The van der Waals surface area contributed by atoms with Crippen molar-refractivity contribution in [1.82, 2.24) is 0 Å². The Bertz CT molecular complexity index is 373. The number of aliphatic hydroxyl groups is 1. The molecule has 0 aliphatic heterocycles. The van der Waals surface area contributed by atoms with Gasteiger partial charge in [-0.15, -0.1) is 0 Å². The first kappa shape index (κ1) is 11.9. The molecule has 0 atom stereocenters. The highest BCUT2D eigenvalue weighted by atomic mass is 16.3. The van der Waals surface area contributed by atoms with E-state index in [0.29, 0.717) is 5.56 Å². The molecule has 0 saturated heterocycles. The van der Waals surface area contributed by atoms with Gasteiger partial charge in [0.15, 0.2) is 5.78 Å². The zero-order valence-electron chi connectivity index (χ0n) is 9.79. The number of carbonyl (C=O) groups is 1. The topological polar surface area (TPSA) is 37.3 Å². The Morgan fingerprint density at radius 1 is 1.27 bits per heavy atom. The molecule has 0 aromatic heterocycles. The predicted octanol–water partition coefficient (Wildman–Crippen LogP) is 2.68. The molecule has 0 radical (unpaired) electrons. The second-order valence-corrected chi connectivity index (χ2v) is 4.88. The van der Waals surface area contributed by atoms with Gasteiger partial charge < -0.3 is 5.11 Å². The molecule has 0 bridgehead atoms. The molecule has 0 heterocycles. The molecule has 1 aromatic rings. The lowest BCUT2D eigenvalue weighted by Crippen LogP contribution is -2.13. The van der Waals surface area contributed by atoms with Crippen molar-refractivity contribution in [3.63, 3.8) is 0 Å². The van der Waals surface area contributed by atoms with E-state index in [1.54, 1.807) is 13.0 Å². The Labute approximate surface area is 90.9 Å². The molecule has 0 fully saturated rings. The summed E-state index contributed by atoms with van der Waals surface area (Å²) in [5.74, 6) is 0.0378. The van der Waals surface area contributed by atoms with E-state index in [4.69, 9.17) is 5.11 Å². The molecule has 1 rings (SSSR count). The van der Waals surface area contributed by atoms with Gasteiger partial charge in [0, 0.05) is 5.56 Å². The Morgan fingerprint density at radius 3 is 2.27 bits per heavy atom. The molecule has 1 N–H and O–H groups in total. The fourth-order valence-corrected chi connectivity index (χ4v) is 1.42. The molecule has 0 aliphatic rings. The van der Waals surface area contributed by atoms with Gasteiger partial charge >= 0.3 is 0 Å². The number of benzene rings is 1. The standard InChI is InChI=1S/C13H18O2/c1-9(15)11-5-10(8-14)6-12(7-11)13(2,3)4/h5-7,14H,8H2,1-4H3. The number of carbonyl (C=O) groups excluding carboxylic acids is 1. The first-order valence-corrected chi connectivity index (χ1v) is 5.11. The van der Waals surface area contributed by atoms with Gasteiger partial charge in [0.25, 0.3) is 0 Å². The number of hydrogen-bond acceptors (Lipinski definition) is 2. The third kappa shape index (κ3) is 2.90. The van der Waals surface area contributed by atoms with E-state index >= 15 is 0 Å². The van der Waals surface area contributed by atoms with Crippen LogP contribution >= 0.6 is 0 Å². The zero-order valence-corrected chi connectivity index (χ0v) is 9.79. The van der Waals surface area contributed by atoms with Crippen LogP contribution in [0, 0.1) is 0 Å². The Morgan fingerprint density at radius 2 is 1.87 bits per heavy atom. The third-order valence-corrected chi connectivity index (χ3v) is 2.45. The molecule has 0 aliphatic carbocycles. The second kappa shape index (κ2) is 4.15. The van der Waals surface area contributed by atoms with Crippen LogP contribution in [0.5, 0.6) is 0 Å². The summed E-state index contributed by atoms with van der Waals surface area (Å²) in [6.07, 6.45) is 0. The summed E-state index contributed by atoms with van der Waals surface area (Å²) in [4.78, 5) is 11.3. The maximum atomic E-state index is 11.3. The minimum Gasteiger partial charge on any atom is -0.392 e. The smallest absolute Gasteiger partial charge is 0.159 e. The first-order chi connectivity index (χ1) is 6.84. The maximum absolute atomic E-state index is 11.3. The highest BCUT2D eigenvalue weighted by Crippen LogP contribution is 2.24. The van der Waals surface area contributed by atoms with Crippen molar-refractivity contribution >= 4 is 5.78 Å². The molecular formula is C13H18O2. The molecular weight excluding hydrogens is 188 g/mol. The molecule has 0 unspecified atom stereocenters. The summed E-state index contributed by atoms with van der Waals surface area (Å²) >= 11 is 0. The zero-order chi connectivity index (χ0) is 11.6. The molecule has 15 heavy (non-hydrogen) atoms. The lowest BCUT2D eigenvalue weighted by Gasteiger charge is -2.20. The Balaban J connectivity index is 3.30. The van der Waals surface area contributed by atoms with Gasteiger partial charge in [-0.25, -0.2) is 0 Å². The summed E-state index contributed by atoms with van der Waals surface area (Å²) in [6, 6.07) is 5.60. The highest BCUT2D eigenvalue weighted by molar-refractivity contribution is 5.94. The van der Waals surface area contributed by atoms with Crippen LogP contribution in [-0.4, -0.2) is 10.9 Å². The van der Waals surface area contributed by atoms with Crippen LogP contribution < -0.4 is 0 Å². The summed E-state index contributed by atoms with van der Waals surface area (Å²) in [7, 11) is 0. The molecule has 0 amide bonds. The molecule has 0 saturated carbocycles. The van der Waals surface area contributed by atoms with Crippen LogP contribution in [0.2, 0.25) is 0 Å². The van der Waals surface area contributed by atoms with Crippen molar-refractivity contribution in [2.24, 2.45) is 0 Å². The van der Waals surface area contributed by atoms with E-state index in [-0.39, 0.29) is 17.8 Å². The number of aliphatic hydroxyl groups excluding tert-OH is 1. The number of ketones is 1. The molecule has 2 nitrogen and oxygen atoms in total. The van der Waals surface area contributed by atoms with Gasteiger partial charge in [-0.3, -0.25) is 4.79 Å². The van der Waals surface area contributed by atoms with Gasteiger partial charge in [0.1, 0.15) is 0 Å². The van der Waals surface area contributed by atoms with E-state index in [2.05, 4.69) is 20.8 Å². The molecule has 2 heteroatoms. The summed E-state index contributed by atoms with van der Waals surface area (Å²) < 4.78 is 0. The van der Waals surface area contributed by atoms with E-state index in [1.807, 2.05) is 12.1 Å². The van der Waals surface area contributed by atoms with Crippen LogP contribution in [0.1, 0.15) is 49.2 Å². The molecule has 0 spiro atoms. The van der Waals surface area contributed by atoms with Crippen molar-refractivity contribution in [1.29, 1.82) is 0 Å². The Hall–Kier alpha value is -1.15. The van der Waals surface area contributed by atoms with Crippen LogP contribution in [-0.2, 0) is 12.0 Å². The predicted molar refractivity (Wildman–Crippen MR) is 61.1 cm³/mol. The van der Waals surface area contributed by atoms with Gasteiger partial charge in [0.2, 0.25) is 0 Å². The highest BCUT2D eigenvalue weighted by Gasteiger charge is 2.16. The number of Topliss-reactive ketones (excluding diaryl/α,β-unsaturated/α-hetero) is 1. The summed E-state index contributed by atoms with van der Waals surface area (Å²) in [5.41, 5.74) is 2.55. The van der Waals surface area contributed by atoms with E-state index in [9.17, 15) is 4.79 Å². The van der Waals surface area contributed by atoms with Crippen LogP contribution in [0.25, 0.3) is 0 Å².